The van der Waals surface area contributed by atoms with Crippen molar-refractivity contribution >= 4 is 6.21 Å². The van der Waals surface area contributed by atoms with Crippen molar-refractivity contribution in [3.63, 3.8) is 0 Å². The van der Waals surface area contributed by atoms with Crippen LogP contribution >= 0.6 is 0 Å². The minimum absolute atomic E-state index is 0.178. The van der Waals surface area contributed by atoms with Crippen molar-refractivity contribution in [2.24, 2.45) is 10.9 Å². The fraction of sp³-hybridized carbons (Fsp3) is 0.571. The number of hydrogen-bond acceptors (Lipinski definition) is 3. The minimum atomic E-state index is -0.428. The highest BCUT2D eigenvalue weighted by molar-refractivity contribution is 5.66. The lowest BCUT2D eigenvalue weighted by Gasteiger charge is -2.15. The first kappa shape index (κ1) is 5.92. The van der Waals surface area contributed by atoms with Crippen molar-refractivity contribution in [3.8, 4) is 0 Å². The average molecular weight is 139 g/mol. The van der Waals surface area contributed by atoms with E-state index < -0.39 is 6.10 Å². The summed E-state index contributed by atoms with van der Waals surface area (Å²) in [5.41, 5.74) is 0. The molecule has 0 radical (unpaired) electrons. The Morgan fingerprint density at radius 3 is 3.40 bits per heavy atom. The second kappa shape index (κ2) is 2.09. The SMILES string of the molecule is OC1C=NC=C2OCCC21. The molecule has 0 bridgehead atoms. The number of aliphatic imine (C=N–C) groups is 1. The molecule has 0 aromatic rings. The van der Waals surface area contributed by atoms with Crippen LogP contribution in [0.4, 0.5) is 0 Å². The largest absolute Gasteiger partial charge is 0.496 e. The van der Waals surface area contributed by atoms with E-state index in [9.17, 15) is 5.11 Å². The van der Waals surface area contributed by atoms with Gasteiger partial charge in [0.2, 0.25) is 0 Å². The highest BCUT2D eigenvalue weighted by Gasteiger charge is 2.30. The molecule has 0 saturated carbocycles. The number of fused-ring (bicyclic) bond motifs is 1. The molecule has 10 heavy (non-hydrogen) atoms. The molecule has 2 atom stereocenters. The number of nitrogens with zero attached hydrogens (tertiary/aromatic N) is 1. The molecule has 1 N–H and O–H groups in total. The summed E-state index contributed by atoms with van der Waals surface area (Å²) in [4.78, 5) is 3.84. The Labute approximate surface area is 59.0 Å². The van der Waals surface area contributed by atoms with Gasteiger partial charge in [0.05, 0.1) is 24.8 Å². The van der Waals surface area contributed by atoms with E-state index in [-0.39, 0.29) is 5.92 Å². The van der Waals surface area contributed by atoms with Gasteiger partial charge >= 0.3 is 0 Å². The number of aliphatic hydroxyl groups is 1. The van der Waals surface area contributed by atoms with Crippen LogP contribution in [0.15, 0.2) is 17.0 Å². The first-order valence-electron chi connectivity index (χ1n) is 3.42. The normalized spacial score (nSPS) is 36.7. The van der Waals surface area contributed by atoms with E-state index in [4.69, 9.17) is 4.74 Å². The predicted octanol–water partition coefficient (Wildman–Crippen LogP) is 0.310. The van der Waals surface area contributed by atoms with E-state index in [1.165, 1.54) is 0 Å². The van der Waals surface area contributed by atoms with Gasteiger partial charge < -0.3 is 9.84 Å². The predicted molar refractivity (Wildman–Crippen MR) is 36.6 cm³/mol. The molecule has 2 unspecified atom stereocenters. The van der Waals surface area contributed by atoms with Crippen LogP contribution < -0.4 is 0 Å². The lowest BCUT2D eigenvalue weighted by Crippen LogP contribution is -2.22. The second-order valence-corrected chi connectivity index (χ2v) is 2.56. The first-order chi connectivity index (χ1) is 4.88. The van der Waals surface area contributed by atoms with Crippen molar-refractivity contribution in [1.29, 1.82) is 0 Å². The van der Waals surface area contributed by atoms with E-state index in [2.05, 4.69) is 4.99 Å². The molecule has 2 aliphatic rings. The fourth-order valence-electron chi connectivity index (χ4n) is 1.33. The summed E-state index contributed by atoms with van der Waals surface area (Å²) >= 11 is 0. The molecule has 0 spiro atoms. The molecule has 1 fully saturated rings. The summed E-state index contributed by atoms with van der Waals surface area (Å²) < 4.78 is 5.21. The zero-order chi connectivity index (χ0) is 6.97. The summed E-state index contributed by atoms with van der Waals surface area (Å²) in [6, 6.07) is 0. The van der Waals surface area contributed by atoms with Gasteiger partial charge in [0.1, 0.15) is 5.76 Å². The molecule has 2 aliphatic heterocycles. The Morgan fingerprint density at radius 1 is 1.70 bits per heavy atom. The molecule has 3 nitrogen and oxygen atoms in total. The smallest absolute Gasteiger partial charge is 0.120 e. The molecular weight excluding hydrogens is 130 g/mol. The molecule has 54 valence electrons. The molecule has 0 amide bonds. The van der Waals surface area contributed by atoms with Crippen molar-refractivity contribution < 1.29 is 9.84 Å². The molecule has 0 aromatic carbocycles. The summed E-state index contributed by atoms with van der Waals surface area (Å²) in [6.07, 6.45) is 3.73. The highest BCUT2D eigenvalue weighted by Crippen LogP contribution is 2.29. The number of ether oxygens (including phenoxy) is 1. The van der Waals surface area contributed by atoms with Gasteiger partial charge in [-0.25, -0.2) is 0 Å². The quantitative estimate of drug-likeness (QED) is 0.524. The molecule has 0 aliphatic carbocycles. The van der Waals surface area contributed by atoms with Crippen LogP contribution in [0.2, 0.25) is 0 Å². The third-order valence-corrected chi connectivity index (χ3v) is 1.92. The topological polar surface area (TPSA) is 41.8 Å². The van der Waals surface area contributed by atoms with Gasteiger partial charge in [0.25, 0.3) is 0 Å². The Morgan fingerprint density at radius 2 is 2.60 bits per heavy atom. The van der Waals surface area contributed by atoms with Crippen LogP contribution in [-0.2, 0) is 4.74 Å². The number of hydrogen-bond donors (Lipinski definition) is 1. The lowest BCUT2D eigenvalue weighted by atomic mass is 9.99. The van der Waals surface area contributed by atoms with Crippen molar-refractivity contribution in [2.75, 3.05) is 6.61 Å². The highest BCUT2D eigenvalue weighted by atomic mass is 16.5. The first-order valence-corrected chi connectivity index (χ1v) is 3.42. The summed E-state index contributed by atoms with van der Waals surface area (Å²) in [5.74, 6) is 1.02. The van der Waals surface area contributed by atoms with Crippen molar-refractivity contribution in [3.05, 3.63) is 12.0 Å². The minimum Gasteiger partial charge on any atom is -0.496 e. The molecule has 1 saturated heterocycles. The third kappa shape index (κ3) is 0.743. The van der Waals surface area contributed by atoms with Crippen LogP contribution in [-0.4, -0.2) is 24.0 Å². The summed E-state index contributed by atoms with van der Waals surface area (Å²) in [6.45, 7) is 0.719. The maximum absolute atomic E-state index is 9.31. The van der Waals surface area contributed by atoms with Crippen LogP contribution in [0, 0.1) is 5.92 Å². The lowest BCUT2D eigenvalue weighted by molar-refractivity contribution is 0.181. The summed E-state index contributed by atoms with van der Waals surface area (Å²) in [7, 11) is 0. The Bertz CT molecular complexity index is 198. The van der Waals surface area contributed by atoms with Gasteiger partial charge in [0, 0.05) is 6.21 Å². The zero-order valence-electron chi connectivity index (χ0n) is 5.53. The fourth-order valence-corrected chi connectivity index (χ4v) is 1.33. The maximum Gasteiger partial charge on any atom is 0.120 e. The van der Waals surface area contributed by atoms with Gasteiger partial charge in [0.15, 0.2) is 0 Å². The Balaban J connectivity index is 2.25. The van der Waals surface area contributed by atoms with E-state index in [0.717, 1.165) is 18.8 Å². The van der Waals surface area contributed by atoms with Crippen molar-refractivity contribution in [1.82, 2.24) is 0 Å². The molecular formula is C7H9NO2. The van der Waals surface area contributed by atoms with E-state index in [0.29, 0.717) is 0 Å². The zero-order valence-corrected chi connectivity index (χ0v) is 5.53. The molecule has 0 aromatic heterocycles. The Hall–Kier alpha value is -0.830. The summed E-state index contributed by atoms with van der Waals surface area (Å²) in [5, 5.41) is 9.31. The van der Waals surface area contributed by atoms with Gasteiger partial charge in [-0.15, -0.1) is 0 Å². The van der Waals surface area contributed by atoms with Crippen LogP contribution in [0.5, 0.6) is 0 Å². The van der Waals surface area contributed by atoms with E-state index in [1.54, 1.807) is 12.4 Å². The van der Waals surface area contributed by atoms with Gasteiger partial charge in [-0.3, -0.25) is 4.99 Å². The number of aliphatic hydroxyl groups excluding tert-OH is 1. The van der Waals surface area contributed by atoms with Gasteiger partial charge in [-0.05, 0) is 6.42 Å². The van der Waals surface area contributed by atoms with E-state index in [1.807, 2.05) is 0 Å². The van der Waals surface area contributed by atoms with Crippen molar-refractivity contribution in [2.45, 2.75) is 12.5 Å². The molecule has 2 heterocycles. The van der Waals surface area contributed by atoms with Crippen LogP contribution in [0.3, 0.4) is 0 Å². The van der Waals surface area contributed by atoms with Crippen LogP contribution in [0.1, 0.15) is 6.42 Å². The van der Waals surface area contributed by atoms with Gasteiger partial charge in [-0.2, -0.15) is 0 Å². The maximum atomic E-state index is 9.31. The van der Waals surface area contributed by atoms with Crippen LogP contribution in [0.25, 0.3) is 0 Å². The third-order valence-electron chi connectivity index (χ3n) is 1.92. The average Bonchev–Trinajstić information content (AvgIpc) is 2.36. The molecule has 3 heteroatoms. The second-order valence-electron chi connectivity index (χ2n) is 2.56. The number of rotatable bonds is 0. The van der Waals surface area contributed by atoms with E-state index >= 15 is 0 Å². The van der Waals surface area contributed by atoms with Gasteiger partial charge in [-0.1, -0.05) is 0 Å². The standard InChI is InChI=1S/C7H9NO2/c9-6-3-8-4-7-5(6)1-2-10-7/h3-6,9H,1-2H2. The molecule has 2 rings (SSSR count). The Kier molecular flexibility index (Phi) is 1.24. The monoisotopic (exact) mass is 139 g/mol.